The second-order valence-corrected chi connectivity index (χ2v) is 4.50. The van der Waals surface area contributed by atoms with Crippen LogP contribution in [0.15, 0.2) is 18.2 Å². The Morgan fingerprint density at radius 3 is 2.55 bits per heavy atom. The Morgan fingerprint density at radius 2 is 1.90 bits per heavy atom. The van der Waals surface area contributed by atoms with Crippen LogP contribution in [0.3, 0.4) is 0 Å². The van der Waals surface area contributed by atoms with E-state index < -0.39 is 0 Å². The van der Waals surface area contributed by atoms with Gasteiger partial charge in [-0.2, -0.15) is 0 Å². The van der Waals surface area contributed by atoms with E-state index in [0.29, 0.717) is 26.4 Å². The van der Waals surface area contributed by atoms with E-state index >= 15 is 0 Å². The Hall–Kier alpha value is -1.30. The van der Waals surface area contributed by atoms with Crippen LogP contribution in [0.4, 0.5) is 0 Å². The van der Waals surface area contributed by atoms with E-state index in [4.69, 9.17) is 24.7 Å². The third-order valence-corrected chi connectivity index (χ3v) is 2.83. The molecule has 0 aromatic heterocycles. The molecule has 0 unspecified atom stereocenters. The van der Waals surface area contributed by atoms with Gasteiger partial charge in [-0.1, -0.05) is 6.07 Å². The molecule has 0 saturated carbocycles. The second-order valence-electron chi connectivity index (χ2n) is 4.50. The van der Waals surface area contributed by atoms with E-state index in [1.165, 1.54) is 0 Å². The van der Waals surface area contributed by atoms with E-state index in [1.54, 1.807) is 14.2 Å². The fourth-order valence-corrected chi connectivity index (χ4v) is 1.73. The molecular weight excluding hydrogens is 258 g/mol. The van der Waals surface area contributed by atoms with Crippen LogP contribution in [0.5, 0.6) is 11.5 Å². The van der Waals surface area contributed by atoms with Crippen LogP contribution in [-0.2, 0) is 9.47 Å². The van der Waals surface area contributed by atoms with Crippen molar-refractivity contribution in [1.29, 1.82) is 0 Å². The summed E-state index contributed by atoms with van der Waals surface area (Å²) in [6.07, 6.45) is 0.819. The molecule has 5 nitrogen and oxygen atoms in total. The maximum absolute atomic E-state index is 5.93. The Balaban J connectivity index is 2.41. The molecule has 0 aliphatic carbocycles. The van der Waals surface area contributed by atoms with Crippen molar-refractivity contribution in [2.45, 2.75) is 19.4 Å². The molecule has 1 aromatic carbocycles. The van der Waals surface area contributed by atoms with Crippen molar-refractivity contribution in [3.63, 3.8) is 0 Å². The van der Waals surface area contributed by atoms with E-state index in [2.05, 4.69) is 0 Å². The summed E-state index contributed by atoms with van der Waals surface area (Å²) in [5, 5.41) is 0. The van der Waals surface area contributed by atoms with E-state index in [0.717, 1.165) is 23.5 Å². The molecule has 0 saturated heterocycles. The zero-order valence-corrected chi connectivity index (χ0v) is 12.6. The van der Waals surface area contributed by atoms with Crippen LogP contribution >= 0.6 is 0 Å². The van der Waals surface area contributed by atoms with Gasteiger partial charge in [-0.3, -0.25) is 0 Å². The quantitative estimate of drug-likeness (QED) is 0.667. The predicted molar refractivity (Wildman–Crippen MR) is 78.4 cm³/mol. The number of benzene rings is 1. The molecule has 0 radical (unpaired) electrons. The normalized spacial score (nSPS) is 12.2. The minimum absolute atomic E-state index is 0.0751. The predicted octanol–water partition coefficient (Wildman–Crippen LogP) is 2.15. The van der Waals surface area contributed by atoms with Crippen molar-refractivity contribution in [3.05, 3.63) is 23.8 Å². The van der Waals surface area contributed by atoms with Crippen molar-refractivity contribution in [3.8, 4) is 11.5 Å². The molecule has 1 atom stereocenters. The van der Waals surface area contributed by atoms with Gasteiger partial charge in [-0.25, -0.2) is 0 Å². The number of rotatable bonds is 10. The van der Waals surface area contributed by atoms with Crippen LogP contribution < -0.4 is 15.2 Å². The fraction of sp³-hybridized carbons (Fsp3) is 0.600. The summed E-state index contributed by atoms with van der Waals surface area (Å²) in [5.74, 6) is 1.54. The summed E-state index contributed by atoms with van der Waals surface area (Å²) in [5.41, 5.74) is 6.91. The lowest BCUT2D eigenvalue weighted by Gasteiger charge is -2.15. The first-order valence-corrected chi connectivity index (χ1v) is 6.82. The Kier molecular flexibility index (Phi) is 8.02. The number of hydrogen-bond donors (Lipinski definition) is 1. The molecule has 0 aliphatic heterocycles. The van der Waals surface area contributed by atoms with Crippen molar-refractivity contribution in [2.24, 2.45) is 5.73 Å². The highest BCUT2D eigenvalue weighted by Gasteiger charge is 2.09. The summed E-state index contributed by atoms with van der Waals surface area (Å²) in [7, 11) is 3.29. The van der Waals surface area contributed by atoms with Gasteiger partial charge in [0.1, 0.15) is 11.5 Å². The molecule has 20 heavy (non-hydrogen) atoms. The fourth-order valence-electron chi connectivity index (χ4n) is 1.73. The van der Waals surface area contributed by atoms with Crippen LogP contribution in [0.2, 0.25) is 0 Å². The molecular formula is C15H25NO4. The highest BCUT2D eigenvalue weighted by Crippen LogP contribution is 2.28. The SMILES string of the molecule is COCCOCCCOc1cc(OC)ccc1[C@@H](C)N. The lowest BCUT2D eigenvalue weighted by Crippen LogP contribution is -2.10. The monoisotopic (exact) mass is 283 g/mol. The zero-order chi connectivity index (χ0) is 14.8. The van der Waals surface area contributed by atoms with E-state index in [1.807, 2.05) is 25.1 Å². The van der Waals surface area contributed by atoms with Gasteiger partial charge in [0.25, 0.3) is 0 Å². The van der Waals surface area contributed by atoms with Gasteiger partial charge >= 0.3 is 0 Å². The van der Waals surface area contributed by atoms with Gasteiger partial charge in [0.2, 0.25) is 0 Å². The largest absolute Gasteiger partial charge is 0.497 e. The smallest absolute Gasteiger partial charge is 0.127 e. The molecule has 1 aromatic rings. The van der Waals surface area contributed by atoms with Crippen LogP contribution in [-0.4, -0.2) is 40.6 Å². The highest BCUT2D eigenvalue weighted by atomic mass is 16.5. The highest BCUT2D eigenvalue weighted by molar-refractivity contribution is 5.42. The van der Waals surface area contributed by atoms with Crippen molar-refractivity contribution >= 4 is 0 Å². The summed E-state index contributed by atoms with van der Waals surface area (Å²) in [6.45, 7) is 4.40. The molecule has 0 heterocycles. The van der Waals surface area contributed by atoms with E-state index in [-0.39, 0.29) is 6.04 Å². The third-order valence-electron chi connectivity index (χ3n) is 2.83. The molecule has 1 rings (SSSR count). The number of hydrogen-bond acceptors (Lipinski definition) is 5. The van der Waals surface area contributed by atoms with Crippen LogP contribution in [0.25, 0.3) is 0 Å². The van der Waals surface area contributed by atoms with Crippen LogP contribution in [0, 0.1) is 0 Å². The maximum atomic E-state index is 5.93. The number of nitrogens with two attached hydrogens (primary N) is 1. The second kappa shape index (κ2) is 9.58. The Labute approximate surface area is 121 Å². The first-order chi connectivity index (χ1) is 9.69. The van der Waals surface area contributed by atoms with Crippen molar-refractivity contribution in [2.75, 3.05) is 40.6 Å². The van der Waals surface area contributed by atoms with Gasteiger partial charge in [-0.05, 0) is 13.0 Å². The average molecular weight is 283 g/mol. The van der Waals surface area contributed by atoms with Crippen molar-refractivity contribution in [1.82, 2.24) is 0 Å². The zero-order valence-electron chi connectivity index (χ0n) is 12.6. The maximum Gasteiger partial charge on any atom is 0.127 e. The van der Waals surface area contributed by atoms with Gasteiger partial charge in [0.05, 0.1) is 26.9 Å². The Bertz CT molecular complexity index is 382. The van der Waals surface area contributed by atoms with E-state index in [9.17, 15) is 0 Å². The summed E-state index contributed by atoms with van der Waals surface area (Å²) in [4.78, 5) is 0. The third kappa shape index (κ3) is 5.77. The summed E-state index contributed by atoms with van der Waals surface area (Å²) >= 11 is 0. The molecule has 0 aliphatic rings. The minimum Gasteiger partial charge on any atom is -0.497 e. The van der Waals surface area contributed by atoms with Gasteiger partial charge in [-0.15, -0.1) is 0 Å². The van der Waals surface area contributed by atoms with Gasteiger partial charge < -0.3 is 24.7 Å². The topological polar surface area (TPSA) is 62.9 Å². The number of methoxy groups -OCH3 is 2. The molecule has 0 bridgehead atoms. The first kappa shape index (κ1) is 16.8. The lowest BCUT2D eigenvalue weighted by atomic mass is 10.1. The standard InChI is InChI=1S/C15H25NO4/c1-12(16)14-6-5-13(18-3)11-15(14)20-8-4-7-19-10-9-17-2/h5-6,11-12H,4,7-10,16H2,1-3H3/t12-/m1/s1. The van der Waals surface area contributed by atoms with Gasteiger partial charge in [0, 0.05) is 37.8 Å². The lowest BCUT2D eigenvalue weighted by molar-refractivity contribution is 0.0643. The molecule has 0 amide bonds. The average Bonchev–Trinajstić information content (AvgIpc) is 2.45. The molecule has 114 valence electrons. The molecule has 0 spiro atoms. The van der Waals surface area contributed by atoms with Gasteiger partial charge in [0.15, 0.2) is 0 Å². The summed E-state index contributed by atoms with van der Waals surface area (Å²) < 4.78 is 21.3. The summed E-state index contributed by atoms with van der Waals surface area (Å²) in [6, 6.07) is 5.62. The first-order valence-electron chi connectivity index (χ1n) is 6.82. The molecule has 2 N–H and O–H groups in total. The Morgan fingerprint density at radius 1 is 1.10 bits per heavy atom. The molecule has 5 heteroatoms. The molecule has 0 fully saturated rings. The minimum atomic E-state index is -0.0751. The van der Waals surface area contributed by atoms with Crippen LogP contribution in [0.1, 0.15) is 24.9 Å². The van der Waals surface area contributed by atoms with Crippen molar-refractivity contribution < 1.29 is 18.9 Å². The number of ether oxygens (including phenoxy) is 4.